The lowest BCUT2D eigenvalue weighted by Gasteiger charge is -2.15. The Morgan fingerprint density at radius 1 is 0.861 bits per heavy atom. The van der Waals surface area contributed by atoms with Crippen LogP contribution in [-0.4, -0.2) is 44.2 Å². The van der Waals surface area contributed by atoms with Crippen LogP contribution in [0.1, 0.15) is 26.3 Å². The van der Waals surface area contributed by atoms with Gasteiger partial charge in [0.25, 0.3) is 11.8 Å². The molecule has 186 valence electrons. The Morgan fingerprint density at radius 2 is 1.53 bits per heavy atom. The number of halogens is 1. The molecule has 0 spiro atoms. The lowest BCUT2D eigenvalue weighted by molar-refractivity contribution is -0.113. The van der Waals surface area contributed by atoms with Crippen LogP contribution in [-0.2, 0) is 4.79 Å². The summed E-state index contributed by atoms with van der Waals surface area (Å²) in [6.45, 7) is 0. The third-order valence-corrected chi connectivity index (χ3v) is 5.72. The summed E-state index contributed by atoms with van der Waals surface area (Å²) in [5.74, 6) is -1.24. The van der Waals surface area contributed by atoms with Gasteiger partial charge in [-0.05, 0) is 70.0 Å². The van der Waals surface area contributed by atoms with Gasteiger partial charge in [-0.25, -0.2) is 4.79 Å². The van der Waals surface area contributed by atoms with Crippen molar-refractivity contribution in [3.8, 4) is 17.2 Å². The maximum absolute atomic E-state index is 13.3. The van der Waals surface area contributed by atoms with E-state index in [2.05, 4.69) is 26.6 Å². The van der Waals surface area contributed by atoms with Crippen molar-refractivity contribution in [3.05, 3.63) is 87.5 Å². The first kappa shape index (κ1) is 26.3. The van der Waals surface area contributed by atoms with Crippen molar-refractivity contribution >= 4 is 45.5 Å². The van der Waals surface area contributed by atoms with E-state index >= 15 is 0 Å². The maximum Gasteiger partial charge on any atom is 0.335 e. The highest BCUT2D eigenvalue weighted by Crippen LogP contribution is 2.29. The Kier molecular flexibility index (Phi) is 8.69. The summed E-state index contributed by atoms with van der Waals surface area (Å²) in [6.07, 6.45) is 1.46. The fourth-order valence-electron chi connectivity index (χ4n) is 3.23. The predicted molar refractivity (Wildman–Crippen MR) is 138 cm³/mol. The summed E-state index contributed by atoms with van der Waals surface area (Å²) in [6, 6.07) is 15.8. The molecule has 0 aliphatic carbocycles. The van der Waals surface area contributed by atoms with E-state index in [1.165, 1.54) is 45.6 Å². The normalized spacial score (nSPS) is 10.8. The zero-order chi connectivity index (χ0) is 26.2. The minimum absolute atomic E-state index is 0.0474. The molecule has 0 aliphatic heterocycles. The third kappa shape index (κ3) is 6.22. The molecule has 0 saturated heterocycles. The molecule has 0 fully saturated rings. The summed E-state index contributed by atoms with van der Waals surface area (Å²) in [7, 11) is 4.37. The van der Waals surface area contributed by atoms with E-state index in [1.54, 1.807) is 42.5 Å². The molecular weight excluding hydrogens is 532 g/mol. The highest BCUT2D eigenvalue weighted by molar-refractivity contribution is 9.10. The van der Waals surface area contributed by atoms with E-state index in [4.69, 9.17) is 14.2 Å². The van der Waals surface area contributed by atoms with E-state index < -0.39 is 17.8 Å². The lowest BCUT2D eigenvalue weighted by Crippen LogP contribution is -2.31. The molecule has 0 atom stereocenters. The minimum atomic E-state index is -1.17. The fraction of sp³-hybridized carbons (Fsp3) is 0.115. The second-order valence-corrected chi connectivity index (χ2v) is 8.14. The minimum Gasteiger partial charge on any atom is -0.495 e. The Hall–Kier alpha value is -4.31. The number of amides is 2. The molecule has 0 heterocycles. The number of rotatable bonds is 9. The average Bonchev–Trinajstić information content (AvgIpc) is 2.88. The van der Waals surface area contributed by atoms with Crippen molar-refractivity contribution in [1.82, 2.24) is 5.32 Å². The maximum atomic E-state index is 13.3. The summed E-state index contributed by atoms with van der Waals surface area (Å²) in [5, 5.41) is 14.6. The quantitative estimate of drug-likeness (QED) is 0.330. The van der Waals surface area contributed by atoms with Gasteiger partial charge in [0.15, 0.2) is 11.5 Å². The predicted octanol–water partition coefficient (Wildman–Crippen LogP) is 4.58. The molecule has 9 nitrogen and oxygen atoms in total. The zero-order valence-electron chi connectivity index (χ0n) is 19.6. The topological polar surface area (TPSA) is 123 Å². The van der Waals surface area contributed by atoms with Gasteiger partial charge in [-0.1, -0.05) is 18.2 Å². The molecule has 0 aliphatic rings. The second-order valence-electron chi connectivity index (χ2n) is 7.28. The number of carbonyl (C=O) groups is 3. The van der Waals surface area contributed by atoms with Crippen molar-refractivity contribution in [2.24, 2.45) is 0 Å². The van der Waals surface area contributed by atoms with Crippen molar-refractivity contribution in [1.29, 1.82) is 0 Å². The Balaban J connectivity index is 2.02. The van der Waals surface area contributed by atoms with Crippen LogP contribution in [0.4, 0.5) is 5.69 Å². The first-order valence-corrected chi connectivity index (χ1v) is 11.3. The molecule has 36 heavy (non-hydrogen) atoms. The van der Waals surface area contributed by atoms with E-state index in [0.29, 0.717) is 27.1 Å². The molecule has 0 bridgehead atoms. The van der Waals surface area contributed by atoms with Crippen molar-refractivity contribution < 1.29 is 33.7 Å². The van der Waals surface area contributed by atoms with Crippen LogP contribution in [0, 0.1) is 0 Å². The standard InChI is InChI=1S/C26H23BrN2O7/c1-34-21-11-9-16(26(32)33)14-19(21)28-25(31)20(29-24(30)17-6-4-5-7-18(17)27)12-15-8-10-22(35-2)23(13-15)36-3/h4-14H,1-3H3,(H,28,31)(H,29,30)(H,32,33)/b20-12-. The number of hydrogen-bond acceptors (Lipinski definition) is 6. The summed E-state index contributed by atoms with van der Waals surface area (Å²) in [5.41, 5.74) is 0.820. The zero-order valence-corrected chi connectivity index (χ0v) is 21.2. The summed E-state index contributed by atoms with van der Waals surface area (Å²) in [4.78, 5) is 37.7. The molecule has 10 heteroatoms. The van der Waals surface area contributed by atoms with Gasteiger partial charge in [0, 0.05) is 4.47 Å². The Bertz CT molecular complexity index is 1340. The van der Waals surface area contributed by atoms with E-state index in [0.717, 1.165) is 0 Å². The van der Waals surface area contributed by atoms with Gasteiger partial charge in [-0.2, -0.15) is 0 Å². The largest absolute Gasteiger partial charge is 0.495 e. The van der Waals surface area contributed by atoms with Crippen LogP contribution in [0.25, 0.3) is 6.08 Å². The van der Waals surface area contributed by atoms with Gasteiger partial charge >= 0.3 is 5.97 Å². The highest BCUT2D eigenvalue weighted by atomic mass is 79.9. The van der Waals surface area contributed by atoms with Gasteiger partial charge in [0.1, 0.15) is 11.4 Å². The smallest absolute Gasteiger partial charge is 0.335 e. The molecule has 3 N–H and O–H groups in total. The number of nitrogens with one attached hydrogen (secondary N) is 2. The van der Waals surface area contributed by atoms with Crippen molar-refractivity contribution in [2.75, 3.05) is 26.6 Å². The lowest BCUT2D eigenvalue weighted by atomic mass is 10.1. The molecular formula is C26H23BrN2O7. The first-order valence-electron chi connectivity index (χ1n) is 10.5. The number of benzene rings is 3. The molecule has 0 saturated carbocycles. The fourth-order valence-corrected chi connectivity index (χ4v) is 3.70. The highest BCUT2D eigenvalue weighted by Gasteiger charge is 2.19. The number of ether oxygens (including phenoxy) is 3. The summed E-state index contributed by atoms with van der Waals surface area (Å²) < 4.78 is 16.4. The van der Waals surface area contributed by atoms with Crippen LogP contribution in [0.5, 0.6) is 17.2 Å². The second kappa shape index (κ2) is 11.9. The molecule has 2 amide bonds. The molecule has 3 aromatic rings. The Morgan fingerprint density at radius 3 is 2.17 bits per heavy atom. The van der Waals surface area contributed by atoms with Gasteiger partial charge < -0.3 is 30.0 Å². The monoisotopic (exact) mass is 554 g/mol. The number of carboxylic acids is 1. The molecule has 3 rings (SSSR count). The van der Waals surface area contributed by atoms with E-state index in [-0.39, 0.29) is 22.7 Å². The SMILES string of the molecule is COc1ccc(C(=O)O)cc1NC(=O)/C(=C/c1ccc(OC)c(OC)c1)NC(=O)c1ccccc1Br. The first-order chi connectivity index (χ1) is 17.3. The van der Waals surface area contributed by atoms with Crippen LogP contribution >= 0.6 is 15.9 Å². The number of aromatic carboxylic acids is 1. The van der Waals surface area contributed by atoms with Crippen molar-refractivity contribution in [3.63, 3.8) is 0 Å². The molecule has 0 radical (unpaired) electrons. The average molecular weight is 555 g/mol. The summed E-state index contributed by atoms with van der Waals surface area (Å²) >= 11 is 3.34. The van der Waals surface area contributed by atoms with Crippen molar-refractivity contribution in [2.45, 2.75) is 0 Å². The molecule has 3 aromatic carbocycles. The van der Waals surface area contributed by atoms with Gasteiger partial charge in [-0.3, -0.25) is 9.59 Å². The number of carbonyl (C=O) groups excluding carboxylic acids is 2. The van der Waals surface area contributed by atoms with Crippen LogP contribution < -0.4 is 24.8 Å². The number of methoxy groups -OCH3 is 3. The van der Waals surface area contributed by atoms with Crippen LogP contribution in [0.15, 0.2) is 70.8 Å². The Labute approximate surface area is 215 Å². The van der Waals surface area contributed by atoms with E-state index in [9.17, 15) is 19.5 Å². The van der Waals surface area contributed by atoms with E-state index in [1.807, 2.05) is 0 Å². The van der Waals surface area contributed by atoms with Crippen LogP contribution in [0.3, 0.4) is 0 Å². The van der Waals surface area contributed by atoms with Gasteiger partial charge in [0.2, 0.25) is 0 Å². The van der Waals surface area contributed by atoms with Gasteiger partial charge in [-0.15, -0.1) is 0 Å². The third-order valence-electron chi connectivity index (χ3n) is 5.02. The molecule has 0 aromatic heterocycles. The van der Waals surface area contributed by atoms with Gasteiger partial charge in [0.05, 0.1) is 38.1 Å². The number of hydrogen-bond donors (Lipinski definition) is 3. The number of anilines is 1. The van der Waals surface area contributed by atoms with Crippen LogP contribution in [0.2, 0.25) is 0 Å². The number of carboxylic acid groups (broad SMARTS) is 1. The molecule has 0 unspecified atom stereocenters.